The van der Waals surface area contributed by atoms with E-state index in [-0.39, 0.29) is 0 Å². The number of rotatable bonds is 2. The minimum atomic E-state index is 0.837. The third kappa shape index (κ3) is 5.33. The highest BCUT2D eigenvalue weighted by Crippen LogP contribution is 2.11. The lowest BCUT2D eigenvalue weighted by Crippen LogP contribution is -1.72. The molecular formula is C8H11NS. The summed E-state index contributed by atoms with van der Waals surface area (Å²) in [6, 6.07) is 0. The van der Waals surface area contributed by atoms with Gasteiger partial charge in [0.2, 0.25) is 0 Å². The highest BCUT2D eigenvalue weighted by Gasteiger charge is 1.81. The van der Waals surface area contributed by atoms with E-state index in [0.717, 1.165) is 11.3 Å². The molecule has 0 aliphatic heterocycles. The van der Waals surface area contributed by atoms with Crippen LogP contribution in [0.2, 0.25) is 0 Å². The molecule has 0 rings (SSSR count). The fourth-order valence-corrected chi connectivity index (χ4v) is 0.712. The maximum absolute atomic E-state index is 5.11. The molecule has 0 heterocycles. The van der Waals surface area contributed by atoms with E-state index in [0.29, 0.717) is 0 Å². The van der Waals surface area contributed by atoms with Crippen LogP contribution in [0.15, 0.2) is 23.1 Å². The van der Waals surface area contributed by atoms with E-state index < -0.39 is 0 Å². The first-order valence-corrected chi connectivity index (χ1v) is 3.90. The first-order chi connectivity index (χ1) is 4.81. The van der Waals surface area contributed by atoms with Crippen molar-refractivity contribution in [2.75, 3.05) is 0 Å². The van der Waals surface area contributed by atoms with Gasteiger partial charge in [0.1, 0.15) is 0 Å². The normalized spacial score (nSPS) is 8.90. The van der Waals surface area contributed by atoms with E-state index in [9.17, 15) is 0 Å². The van der Waals surface area contributed by atoms with E-state index >= 15 is 0 Å². The number of thioether (sulfide) groups is 1. The molecule has 2 heteroatoms. The van der Waals surface area contributed by atoms with Crippen molar-refractivity contribution < 1.29 is 0 Å². The third-order valence-corrected chi connectivity index (χ3v) is 1.37. The Hall–Kier alpha value is -0.810. The zero-order valence-corrected chi connectivity index (χ0v) is 6.87. The van der Waals surface area contributed by atoms with Gasteiger partial charge in [-0.2, -0.15) is 0 Å². The third-order valence-electron chi connectivity index (χ3n) is 0.693. The minimum absolute atomic E-state index is 0.837. The predicted octanol–water partition coefficient (Wildman–Crippen LogP) is 2.08. The van der Waals surface area contributed by atoms with Crippen molar-refractivity contribution in [1.82, 2.24) is 0 Å². The smallest absolute Gasteiger partial charge is 0.0544 e. The summed E-state index contributed by atoms with van der Waals surface area (Å²) in [7, 11) is 0. The van der Waals surface area contributed by atoms with Crippen LogP contribution in [-0.2, 0) is 0 Å². The molecule has 0 amide bonds. The van der Waals surface area contributed by atoms with Gasteiger partial charge in [0.15, 0.2) is 0 Å². The average Bonchev–Trinajstić information content (AvgIpc) is 1.97. The molecule has 54 valence electrons. The van der Waals surface area contributed by atoms with Gasteiger partial charge in [-0.05, 0) is 5.41 Å². The SMILES string of the molecule is C=C(C#CCC)S/C=C\N. The topological polar surface area (TPSA) is 26.0 Å². The Kier molecular flexibility index (Phi) is 5.80. The van der Waals surface area contributed by atoms with Crippen molar-refractivity contribution in [2.24, 2.45) is 5.73 Å². The van der Waals surface area contributed by atoms with Gasteiger partial charge >= 0.3 is 0 Å². The van der Waals surface area contributed by atoms with E-state index in [4.69, 9.17) is 5.73 Å². The molecule has 0 bridgehead atoms. The molecule has 0 radical (unpaired) electrons. The summed E-state index contributed by atoms with van der Waals surface area (Å²) < 4.78 is 0. The Morgan fingerprint density at radius 1 is 1.80 bits per heavy atom. The van der Waals surface area contributed by atoms with Crippen LogP contribution in [0.5, 0.6) is 0 Å². The average molecular weight is 153 g/mol. The summed E-state index contributed by atoms with van der Waals surface area (Å²) in [5.41, 5.74) is 5.11. The van der Waals surface area contributed by atoms with Gasteiger partial charge < -0.3 is 5.73 Å². The molecule has 1 nitrogen and oxygen atoms in total. The zero-order chi connectivity index (χ0) is 7.82. The summed E-state index contributed by atoms with van der Waals surface area (Å²) in [6.07, 6.45) is 2.34. The minimum Gasteiger partial charge on any atom is -0.404 e. The highest BCUT2D eigenvalue weighted by molar-refractivity contribution is 8.06. The number of allylic oxidation sites excluding steroid dienone is 1. The standard InChI is InChI=1S/C8H11NS/c1-3-4-5-8(2)10-7-6-9/h6-7H,2-3,9H2,1H3/b7-6-. The lowest BCUT2D eigenvalue weighted by molar-refractivity contribution is 1.28. The largest absolute Gasteiger partial charge is 0.404 e. The molecule has 10 heavy (non-hydrogen) atoms. The fourth-order valence-electron chi connectivity index (χ4n) is 0.338. The molecule has 0 fully saturated rings. The molecule has 0 aliphatic rings. The van der Waals surface area contributed by atoms with Crippen molar-refractivity contribution in [1.29, 1.82) is 0 Å². The van der Waals surface area contributed by atoms with Gasteiger partial charge in [0.05, 0.1) is 4.91 Å². The van der Waals surface area contributed by atoms with Crippen LogP contribution in [0.4, 0.5) is 0 Å². The highest BCUT2D eigenvalue weighted by atomic mass is 32.2. The quantitative estimate of drug-likeness (QED) is 0.615. The molecule has 0 aromatic heterocycles. The van der Waals surface area contributed by atoms with Crippen LogP contribution < -0.4 is 5.73 Å². The summed E-state index contributed by atoms with van der Waals surface area (Å²) in [5.74, 6) is 5.79. The van der Waals surface area contributed by atoms with E-state index in [1.807, 2.05) is 6.92 Å². The molecule has 0 saturated heterocycles. The van der Waals surface area contributed by atoms with Crippen molar-refractivity contribution in [3.8, 4) is 11.8 Å². The van der Waals surface area contributed by atoms with Gasteiger partial charge in [-0.25, -0.2) is 0 Å². The van der Waals surface area contributed by atoms with Crippen LogP contribution in [-0.4, -0.2) is 0 Å². The van der Waals surface area contributed by atoms with Gasteiger partial charge in [-0.1, -0.05) is 37.1 Å². The Morgan fingerprint density at radius 3 is 3.00 bits per heavy atom. The first kappa shape index (κ1) is 9.19. The van der Waals surface area contributed by atoms with Crippen LogP contribution in [0.3, 0.4) is 0 Å². The van der Waals surface area contributed by atoms with E-state index in [2.05, 4.69) is 18.4 Å². The van der Waals surface area contributed by atoms with Crippen LogP contribution >= 0.6 is 11.8 Å². The van der Waals surface area contributed by atoms with E-state index in [1.54, 1.807) is 5.41 Å². The number of hydrogen-bond acceptors (Lipinski definition) is 2. The first-order valence-electron chi connectivity index (χ1n) is 3.02. The molecule has 2 N–H and O–H groups in total. The van der Waals surface area contributed by atoms with Crippen molar-refractivity contribution in [3.63, 3.8) is 0 Å². The second-order valence-corrected chi connectivity index (χ2v) is 2.53. The van der Waals surface area contributed by atoms with Crippen molar-refractivity contribution in [3.05, 3.63) is 23.1 Å². The number of hydrogen-bond donors (Lipinski definition) is 1. The molecule has 0 saturated carbocycles. The summed E-state index contributed by atoms with van der Waals surface area (Å²) in [6.45, 7) is 5.72. The molecule has 0 unspecified atom stereocenters. The zero-order valence-electron chi connectivity index (χ0n) is 6.05. The van der Waals surface area contributed by atoms with Gasteiger partial charge in [0.25, 0.3) is 0 Å². The van der Waals surface area contributed by atoms with Crippen LogP contribution in [0, 0.1) is 11.8 Å². The van der Waals surface area contributed by atoms with Crippen LogP contribution in [0.1, 0.15) is 13.3 Å². The summed E-state index contributed by atoms with van der Waals surface area (Å²) in [5, 5.41) is 1.76. The van der Waals surface area contributed by atoms with Gasteiger partial charge in [-0.15, -0.1) is 0 Å². The molecule has 0 aromatic rings. The second kappa shape index (κ2) is 6.31. The van der Waals surface area contributed by atoms with E-state index in [1.165, 1.54) is 18.0 Å². The lowest BCUT2D eigenvalue weighted by Gasteiger charge is -1.85. The Morgan fingerprint density at radius 2 is 2.50 bits per heavy atom. The second-order valence-electron chi connectivity index (χ2n) is 1.52. The molecule has 0 aromatic carbocycles. The number of nitrogens with two attached hydrogens (primary N) is 1. The predicted molar refractivity (Wildman–Crippen MR) is 48.1 cm³/mol. The fraction of sp³-hybridized carbons (Fsp3) is 0.250. The Balaban J connectivity index is 3.64. The lowest BCUT2D eigenvalue weighted by atomic mass is 10.5. The maximum atomic E-state index is 5.11. The molecule has 0 aliphatic carbocycles. The molecule has 0 spiro atoms. The van der Waals surface area contributed by atoms with Gasteiger partial charge in [-0.3, -0.25) is 0 Å². The maximum Gasteiger partial charge on any atom is 0.0544 e. The monoisotopic (exact) mass is 153 g/mol. The van der Waals surface area contributed by atoms with Crippen molar-refractivity contribution >= 4 is 11.8 Å². The Labute approximate surface area is 66.4 Å². The van der Waals surface area contributed by atoms with Crippen LogP contribution in [0.25, 0.3) is 0 Å². The summed E-state index contributed by atoms with van der Waals surface area (Å²) >= 11 is 1.44. The van der Waals surface area contributed by atoms with Crippen molar-refractivity contribution in [2.45, 2.75) is 13.3 Å². The molecular weight excluding hydrogens is 142 g/mol. The summed E-state index contributed by atoms with van der Waals surface area (Å²) in [4.78, 5) is 0.837. The molecule has 0 atom stereocenters. The Bertz CT molecular complexity index is 183. The van der Waals surface area contributed by atoms with Gasteiger partial charge in [0, 0.05) is 12.6 Å².